The Morgan fingerprint density at radius 2 is 2.20 bits per heavy atom. The van der Waals surface area contributed by atoms with Gasteiger partial charge in [-0.1, -0.05) is 5.16 Å². The molecule has 1 saturated heterocycles. The summed E-state index contributed by atoms with van der Waals surface area (Å²) < 4.78 is 11.2. The molecule has 1 saturated carbocycles. The number of hydrogen-bond donors (Lipinski definition) is 1. The van der Waals surface area contributed by atoms with Gasteiger partial charge in [0.05, 0.1) is 17.8 Å². The van der Waals surface area contributed by atoms with Gasteiger partial charge in [-0.25, -0.2) is 4.98 Å². The zero-order valence-electron chi connectivity index (χ0n) is 14.7. The molecule has 2 aromatic rings. The van der Waals surface area contributed by atoms with Crippen LogP contribution in [0.2, 0.25) is 0 Å². The van der Waals surface area contributed by atoms with Gasteiger partial charge in [-0.2, -0.15) is 4.98 Å². The fourth-order valence-corrected chi connectivity index (χ4v) is 4.17. The molecule has 134 valence electrons. The smallest absolute Gasteiger partial charge is 0.261 e. The van der Waals surface area contributed by atoms with E-state index in [0.29, 0.717) is 18.3 Å². The Hall–Kier alpha value is -1.99. The molecule has 0 amide bonds. The summed E-state index contributed by atoms with van der Waals surface area (Å²) in [6, 6.07) is 3.84. The average Bonchev–Trinajstić information content (AvgIpc) is 3.08. The lowest BCUT2D eigenvalue weighted by molar-refractivity contribution is -0.199. The average molecular weight is 344 g/mol. The first-order valence-electron chi connectivity index (χ1n) is 8.94. The third-order valence-electron chi connectivity index (χ3n) is 5.65. The van der Waals surface area contributed by atoms with E-state index in [1.54, 1.807) is 13.1 Å². The minimum Gasteiger partial charge on any atom is -0.392 e. The Balaban J connectivity index is 1.54. The SMILES string of the molecule is CCO[C@H]1C[C@@H](O)C12CCN(c1ncccc1-c1nc(C)no1)CC2. The second-order valence-electron chi connectivity index (χ2n) is 6.94. The molecule has 1 spiro atoms. The lowest BCUT2D eigenvalue weighted by atomic mass is 9.58. The van der Waals surface area contributed by atoms with Gasteiger partial charge in [0.15, 0.2) is 5.82 Å². The van der Waals surface area contributed by atoms with Gasteiger partial charge in [0.2, 0.25) is 0 Å². The number of anilines is 1. The van der Waals surface area contributed by atoms with Gasteiger partial charge < -0.3 is 19.3 Å². The van der Waals surface area contributed by atoms with E-state index in [4.69, 9.17) is 9.26 Å². The van der Waals surface area contributed by atoms with Crippen molar-refractivity contribution in [2.75, 3.05) is 24.6 Å². The number of hydrogen-bond acceptors (Lipinski definition) is 7. The number of aromatic nitrogens is 3. The predicted molar refractivity (Wildman–Crippen MR) is 92.2 cm³/mol. The van der Waals surface area contributed by atoms with Crippen LogP contribution >= 0.6 is 0 Å². The van der Waals surface area contributed by atoms with Gasteiger partial charge >= 0.3 is 0 Å². The highest BCUT2D eigenvalue weighted by Gasteiger charge is 2.56. The molecule has 0 aromatic carbocycles. The molecule has 4 rings (SSSR count). The van der Waals surface area contributed by atoms with Crippen molar-refractivity contribution >= 4 is 5.82 Å². The molecule has 0 unspecified atom stereocenters. The molecule has 1 aliphatic carbocycles. The Bertz CT molecular complexity index is 737. The van der Waals surface area contributed by atoms with Gasteiger partial charge in [0.1, 0.15) is 5.82 Å². The van der Waals surface area contributed by atoms with Crippen LogP contribution in [0.4, 0.5) is 5.82 Å². The van der Waals surface area contributed by atoms with Crippen molar-refractivity contribution in [1.82, 2.24) is 15.1 Å². The number of rotatable bonds is 4. The van der Waals surface area contributed by atoms with E-state index in [9.17, 15) is 5.11 Å². The Morgan fingerprint density at radius 1 is 1.40 bits per heavy atom. The van der Waals surface area contributed by atoms with E-state index < -0.39 is 0 Å². The molecule has 1 N–H and O–H groups in total. The van der Waals surface area contributed by atoms with Gasteiger partial charge in [-0.05, 0) is 38.8 Å². The van der Waals surface area contributed by atoms with Crippen LogP contribution in [0.1, 0.15) is 32.0 Å². The van der Waals surface area contributed by atoms with E-state index in [2.05, 4.69) is 20.0 Å². The Kier molecular flexibility index (Phi) is 4.21. The van der Waals surface area contributed by atoms with Gasteiger partial charge in [-0.3, -0.25) is 0 Å². The molecule has 2 atom stereocenters. The number of pyridine rings is 1. The van der Waals surface area contributed by atoms with E-state index in [-0.39, 0.29) is 17.6 Å². The topological polar surface area (TPSA) is 84.5 Å². The summed E-state index contributed by atoms with van der Waals surface area (Å²) in [5.74, 6) is 1.97. The molecule has 0 bridgehead atoms. The highest BCUT2D eigenvalue weighted by atomic mass is 16.5. The maximum absolute atomic E-state index is 10.4. The van der Waals surface area contributed by atoms with Crippen LogP contribution in [0.5, 0.6) is 0 Å². The molecule has 2 fully saturated rings. The lowest BCUT2D eigenvalue weighted by Gasteiger charge is -2.56. The summed E-state index contributed by atoms with van der Waals surface area (Å²) in [4.78, 5) is 11.1. The van der Waals surface area contributed by atoms with E-state index >= 15 is 0 Å². The standard InChI is InChI=1S/C18H24N4O3/c1-3-24-15-11-14(23)18(15)6-9-22(10-7-18)16-13(5-4-8-19-16)17-20-12(2)21-25-17/h4-5,8,14-15,23H,3,6-7,9-11H2,1-2H3/t14-,15+/m1/s1. The maximum atomic E-state index is 10.4. The number of aliphatic hydroxyl groups is 1. The third kappa shape index (κ3) is 2.71. The van der Waals surface area contributed by atoms with Gasteiger partial charge in [-0.15, -0.1) is 0 Å². The van der Waals surface area contributed by atoms with Crippen LogP contribution < -0.4 is 4.90 Å². The predicted octanol–water partition coefficient (Wildman–Crippen LogP) is 2.20. The minimum atomic E-state index is -0.256. The van der Waals surface area contributed by atoms with Crippen LogP contribution in [-0.2, 0) is 4.74 Å². The fraction of sp³-hybridized carbons (Fsp3) is 0.611. The molecule has 1 aliphatic heterocycles. The Labute approximate surface area is 147 Å². The summed E-state index contributed by atoms with van der Waals surface area (Å²) in [5.41, 5.74) is 0.761. The van der Waals surface area contributed by atoms with E-state index in [1.807, 2.05) is 19.1 Å². The molecule has 0 radical (unpaired) electrons. The maximum Gasteiger partial charge on any atom is 0.261 e. The first-order valence-corrected chi connectivity index (χ1v) is 8.94. The number of ether oxygens (including phenoxy) is 1. The number of piperidine rings is 1. The summed E-state index contributed by atoms with van der Waals surface area (Å²) in [7, 11) is 0. The Morgan fingerprint density at radius 3 is 2.84 bits per heavy atom. The summed E-state index contributed by atoms with van der Waals surface area (Å²) in [6.45, 7) is 6.18. The summed E-state index contributed by atoms with van der Waals surface area (Å²) in [5, 5.41) is 14.2. The number of nitrogens with zero attached hydrogens (tertiary/aromatic N) is 4. The largest absolute Gasteiger partial charge is 0.392 e. The summed E-state index contributed by atoms with van der Waals surface area (Å²) >= 11 is 0. The van der Waals surface area contributed by atoms with Crippen LogP contribution in [0, 0.1) is 12.3 Å². The first-order chi connectivity index (χ1) is 12.1. The third-order valence-corrected chi connectivity index (χ3v) is 5.65. The second kappa shape index (κ2) is 6.38. The fourth-order valence-electron chi connectivity index (χ4n) is 4.17. The van der Waals surface area contributed by atoms with E-state index in [1.165, 1.54) is 0 Å². The monoisotopic (exact) mass is 344 g/mol. The zero-order chi connectivity index (χ0) is 17.4. The van der Waals surface area contributed by atoms with Crippen LogP contribution in [0.25, 0.3) is 11.5 Å². The van der Waals surface area contributed by atoms with Gasteiger partial charge in [0, 0.05) is 37.7 Å². The van der Waals surface area contributed by atoms with Crippen molar-refractivity contribution in [3.05, 3.63) is 24.2 Å². The van der Waals surface area contributed by atoms with Crippen molar-refractivity contribution in [2.45, 2.75) is 45.3 Å². The molecular formula is C18H24N4O3. The second-order valence-corrected chi connectivity index (χ2v) is 6.94. The highest BCUT2D eigenvalue weighted by Crippen LogP contribution is 2.51. The van der Waals surface area contributed by atoms with Crippen LogP contribution in [-0.4, -0.2) is 52.1 Å². The van der Waals surface area contributed by atoms with Crippen molar-refractivity contribution in [3.63, 3.8) is 0 Å². The molecular weight excluding hydrogens is 320 g/mol. The van der Waals surface area contributed by atoms with Gasteiger partial charge in [0.25, 0.3) is 5.89 Å². The number of aryl methyl sites for hydroxylation is 1. The molecule has 2 aromatic heterocycles. The van der Waals surface area contributed by atoms with Crippen LogP contribution in [0.15, 0.2) is 22.9 Å². The van der Waals surface area contributed by atoms with Crippen LogP contribution in [0.3, 0.4) is 0 Å². The minimum absolute atomic E-state index is 0.0947. The molecule has 25 heavy (non-hydrogen) atoms. The van der Waals surface area contributed by atoms with Crippen molar-refractivity contribution in [2.24, 2.45) is 5.41 Å². The molecule has 3 heterocycles. The molecule has 2 aliphatic rings. The molecule has 7 heteroatoms. The van der Waals surface area contributed by atoms with Crippen molar-refractivity contribution in [3.8, 4) is 11.5 Å². The quantitative estimate of drug-likeness (QED) is 0.910. The van der Waals surface area contributed by atoms with E-state index in [0.717, 1.165) is 43.7 Å². The highest BCUT2D eigenvalue weighted by molar-refractivity contribution is 5.69. The van der Waals surface area contributed by atoms with Crippen molar-refractivity contribution in [1.29, 1.82) is 0 Å². The first kappa shape index (κ1) is 16.5. The zero-order valence-corrected chi connectivity index (χ0v) is 14.7. The van der Waals surface area contributed by atoms with Crippen molar-refractivity contribution < 1.29 is 14.4 Å². The number of aliphatic hydroxyl groups excluding tert-OH is 1. The molecule has 7 nitrogen and oxygen atoms in total. The summed E-state index contributed by atoms with van der Waals surface area (Å²) in [6.07, 6.45) is 4.26. The normalized spacial score (nSPS) is 25.2. The lowest BCUT2D eigenvalue weighted by Crippen LogP contribution is -2.62.